The van der Waals surface area contributed by atoms with E-state index in [0.717, 1.165) is 12.8 Å². The maximum atomic E-state index is 5.50. The number of aryl methyl sites for hydroxylation is 2. The van der Waals surface area contributed by atoms with E-state index in [4.69, 9.17) is 10.2 Å². The molecule has 19 heavy (non-hydrogen) atoms. The van der Waals surface area contributed by atoms with Crippen molar-refractivity contribution < 1.29 is 4.42 Å². The van der Waals surface area contributed by atoms with Crippen molar-refractivity contribution in [2.75, 3.05) is 25.5 Å². The van der Waals surface area contributed by atoms with Crippen molar-refractivity contribution >= 4 is 5.69 Å². The highest BCUT2D eigenvalue weighted by Crippen LogP contribution is 2.14. The predicted molar refractivity (Wildman–Crippen MR) is 75.2 cm³/mol. The Morgan fingerprint density at radius 1 is 1.00 bits per heavy atom. The van der Waals surface area contributed by atoms with Crippen LogP contribution in [0.15, 0.2) is 28.7 Å². The Labute approximate surface area is 113 Å². The van der Waals surface area contributed by atoms with Crippen LogP contribution in [0.25, 0.3) is 0 Å². The molecule has 0 unspecified atom stereocenters. The zero-order valence-electron chi connectivity index (χ0n) is 11.5. The third-order valence-electron chi connectivity index (χ3n) is 2.95. The van der Waals surface area contributed by atoms with Crippen molar-refractivity contribution in [1.29, 1.82) is 0 Å². The summed E-state index contributed by atoms with van der Waals surface area (Å²) in [5.74, 6) is 1.31. The molecule has 0 atom stereocenters. The summed E-state index contributed by atoms with van der Waals surface area (Å²) in [7, 11) is 4.07. The van der Waals surface area contributed by atoms with Crippen LogP contribution in [0.5, 0.6) is 0 Å². The second kappa shape index (κ2) is 6.33. The molecule has 0 fully saturated rings. The lowest BCUT2D eigenvalue weighted by molar-refractivity contribution is 0.450. The highest BCUT2D eigenvalue weighted by Gasteiger charge is 2.05. The van der Waals surface area contributed by atoms with E-state index in [-0.39, 0.29) is 0 Å². The average Bonchev–Trinajstić information content (AvgIpc) is 2.85. The first kappa shape index (κ1) is 13.5. The Morgan fingerprint density at radius 3 is 2.21 bits per heavy atom. The van der Waals surface area contributed by atoms with Gasteiger partial charge in [-0.2, -0.15) is 0 Å². The molecule has 0 aliphatic heterocycles. The summed E-state index contributed by atoms with van der Waals surface area (Å²) in [4.78, 5) is 2.08. The largest absolute Gasteiger partial charge is 0.425 e. The van der Waals surface area contributed by atoms with Gasteiger partial charge in [0.1, 0.15) is 0 Å². The Balaban J connectivity index is 1.90. The van der Waals surface area contributed by atoms with Crippen molar-refractivity contribution in [3.05, 3.63) is 41.6 Å². The van der Waals surface area contributed by atoms with Gasteiger partial charge in [0.05, 0.1) is 0 Å². The van der Waals surface area contributed by atoms with E-state index in [1.54, 1.807) is 0 Å². The van der Waals surface area contributed by atoms with Gasteiger partial charge in [-0.25, -0.2) is 0 Å². The molecule has 0 aliphatic carbocycles. The van der Waals surface area contributed by atoms with Crippen molar-refractivity contribution in [1.82, 2.24) is 10.2 Å². The molecule has 0 radical (unpaired) electrons. The Morgan fingerprint density at radius 2 is 1.63 bits per heavy atom. The van der Waals surface area contributed by atoms with E-state index >= 15 is 0 Å². The second-order valence-corrected chi connectivity index (χ2v) is 4.69. The normalized spacial score (nSPS) is 10.7. The van der Waals surface area contributed by atoms with E-state index in [1.807, 2.05) is 14.1 Å². The standard InChI is InChI=1S/C14H20N4O/c1-18(2)12-6-3-11(4-7-12)5-8-13-16-17-14(19-13)9-10-15/h3-4,6-7H,5,8-10,15H2,1-2H3. The molecule has 2 N–H and O–H groups in total. The van der Waals surface area contributed by atoms with E-state index < -0.39 is 0 Å². The Hall–Kier alpha value is -1.88. The number of nitrogens with zero attached hydrogens (tertiary/aromatic N) is 3. The van der Waals surface area contributed by atoms with Crippen LogP contribution in [-0.2, 0) is 19.3 Å². The van der Waals surface area contributed by atoms with Gasteiger partial charge in [-0.05, 0) is 24.1 Å². The first-order valence-electron chi connectivity index (χ1n) is 6.46. The van der Waals surface area contributed by atoms with Gasteiger partial charge in [-0.1, -0.05) is 12.1 Å². The maximum absolute atomic E-state index is 5.50. The highest BCUT2D eigenvalue weighted by atomic mass is 16.4. The van der Waals surface area contributed by atoms with Crippen LogP contribution >= 0.6 is 0 Å². The summed E-state index contributed by atoms with van der Waals surface area (Å²) < 4.78 is 5.50. The second-order valence-electron chi connectivity index (χ2n) is 4.69. The van der Waals surface area contributed by atoms with E-state index in [0.29, 0.717) is 24.7 Å². The summed E-state index contributed by atoms with van der Waals surface area (Å²) in [5, 5.41) is 7.97. The summed E-state index contributed by atoms with van der Waals surface area (Å²) >= 11 is 0. The molecule has 0 aliphatic rings. The van der Waals surface area contributed by atoms with Crippen molar-refractivity contribution in [3.63, 3.8) is 0 Å². The van der Waals surface area contributed by atoms with Crippen LogP contribution in [0, 0.1) is 0 Å². The molecule has 1 heterocycles. The van der Waals surface area contributed by atoms with Gasteiger partial charge in [-0.15, -0.1) is 10.2 Å². The van der Waals surface area contributed by atoms with Crippen molar-refractivity contribution in [2.24, 2.45) is 5.73 Å². The van der Waals surface area contributed by atoms with Crippen molar-refractivity contribution in [2.45, 2.75) is 19.3 Å². The minimum absolute atomic E-state index is 0.535. The summed E-state index contributed by atoms with van der Waals surface area (Å²) in [5.41, 5.74) is 7.91. The van der Waals surface area contributed by atoms with Gasteiger partial charge in [0.15, 0.2) is 0 Å². The Bertz CT molecular complexity index is 504. The van der Waals surface area contributed by atoms with Crippen LogP contribution in [0.1, 0.15) is 17.3 Å². The number of hydrogen-bond donors (Lipinski definition) is 1. The minimum Gasteiger partial charge on any atom is -0.425 e. The molecule has 0 bridgehead atoms. The average molecular weight is 260 g/mol. The fraction of sp³-hybridized carbons (Fsp3) is 0.429. The molecular weight excluding hydrogens is 240 g/mol. The van der Waals surface area contributed by atoms with Gasteiger partial charge >= 0.3 is 0 Å². The molecule has 2 rings (SSSR count). The van der Waals surface area contributed by atoms with E-state index in [1.165, 1.54) is 11.3 Å². The van der Waals surface area contributed by atoms with Gasteiger partial charge < -0.3 is 15.1 Å². The third kappa shape index (κ3) is 3.79. The van der Waals surface area contributed by atoms with E-state index in [2.05, 4.69) is 39.4 Å². The first-order chi connectivity index (χ1) is 9.19. The topological polar surface area (TPSA) is 68.2 Å². The molecule has 0 saturated heterocycles. The zero-order valence-corrected chi connectivity index (χ0v) is 11.5. The van der Waals surface area contributed by atoms with Gasteiger partial charge in [-0.3, -0.25) is 0 Å². The zero-order chi connectivity index (χ0) is 13.7. The number of anilines is 1. The van der Waals surface area contributed by atoms with Crippen LogP contribution in [0.3, 0.4) is 0 Å². The maximum Gasteiger partial charge on any atom is 0.217 e. The predicted octanol–water partition coefficient (Wildman–Crippen LogP) is 1.42. The van der Waals surface area contributed by atoms with Crippen LogP contribution in [0.2, 0.25) is 0 Å². The van der Waals surface area contributed by atoms with Gasteiger partial charge in [0.25, 0.3) is 0 Å². The van der Waals surface area contributed by atoms with Crippen LogP contribution in [0.4, 0.5) is 5.69 Å². The van der Waals surface area contributed by atoms with E-state index in [9.17, 15) is 0 Å². The van der Waals surface area contributed by atoms with Gasteiger partial charge in [0.2, 0.25) is 11.8 Å². The van der Waals surface area contributed by atoms with Crippen LogP contribution in [-0.4, -0.2) is 30.8 Å². The summed E-state index contributed by atoms with van der Waals surface area (Å²) in [6, 6.07) is 8.49. The molecule has 0 amide bonds. The number of benzene rings is 1. The number of rotatable bonds is 6. The molecule has 5 heteroatoms. The molecule has 0 saturated carbocycles. The SMILES string of the molecule is CN(C)c1ccc(CCc2nnc(CCN)o2)cc1. The number of nitrogens with two attached hydrogens (primary N) is 1. The third-order valence-corrected chi connectivity index (χ3v) is 2.95. The lowest BCUT2D eigenvalue weighted by Crippen LogP contribution is -2.08. The quantitative estimate of drug-likeness (QED) is 0.850. The first-order valence-corrected chi connectivity index (χ1v) is 6.46. The fourth-order valence-electron chi connectivity index (χ4n) is 1.83. The molecule has 0 spiro atoms. The van der Waals surface area contributed by atoms with Crippen LogP contribution < -0.4 is 10.6 Å². The minimum atomic E-state index is 0.535. The molecule has 1 aromatic carbocycles. The monoisotopic (exact) mass is 260 g/mol. The Kier molecular flexibility index (Phi) is 4.52. The van der Waals surface area contributed by atoms with Gasteiger partial charge in [0, 0.05) is 39.2 Å². The number of aromatic nitrogens is 2. The molecule has 2 aromatic rings. The molecular formula is C14H20N4O. The number of hydrogen-bond acceptors (Lipinski definition) is 5. The lowest BCUT2D eigenvalue weighted by atomic mass is 10.1. The van der Waals surface area contributed by atoms with Crippen molar-refractivity contribution in [3.8, 4) is 0 Å². The fourth-order valence-corrected chi connectivity index (χ4v) is 1.83. The summed E-state index contributed by atoms with van der Waals surface area (Å²) in [6.45, 7) is 0.535. The molecule has 1 aromatic heterocycles. The molecule has 5 nitrogen and oxygen atoms in total. The highest BCUT2D eigenvalue weighted by molar-refractivity contribution is 5.46. The summed E-state index contributed by atoms with van der Waals surface area (Å²) in [6.07, 6.45) is 2.31. The smallest absolute Gasteiger partial charge is 0.217 e. The lowest BCUT2D eigenvalue weighted by Gasteiger charge is -2.12. The molecule has 102 valence electrons.